The summed E-state index contributed by atoms with van der Waals surface area (Å²) in [6.07, 6.45) is -0.287. The molecule has 0 radical (unpaired) electrons. The molecule has 1 saturated heterocycles. The molecule has 1 atom stereocenters. The van der Waals surface area contributed by atoms with Gasteiger partial charge < -0.3 is 4.74 Å². The third-order valence-corrected chi connectivity index (χ3v) is 3.48. The van der Waals surface area contributed by atoms with Crippen LogP contribution in [0.5, 0.6) is 0 Å². The number of hydrogen-bond acceptors (Lipinski definition) is 3. The molecule has 1 unspecified atom stereocenters. The van der Waals surface area contributed by atoms with Gasteiger partial charge in [-0.2, -0.15) is 11.8 Å². The van der Waals surface area contributed by atoms with E-state index < -0.39 is 0 Å². The van der Waals surface area contributed by atoms with Crippen LogP contribution in [0.25, 0.3) is 0 Å². The van der Waals surface area contributed by atoms with Crippen LogP contribution in [0.3, 0.4) is 0 Å². The van der Waals surface area contributed by atoms with Gasteiger partial charge in [-0.1, -0.05) is 11.6 Å². The lowest BCUT2D eigenvalue weighted by atomic mass is 10.1. The Labute approximate surface area is 98.0 Å². The summed E-state index contributed by atoms with van der Waals surface area (Å²) < 4.78 is 5.42. The van der Waals surface area contributed by atoms with Crippen molar-refractivity contribution in [3.63, 3.8) is 0 Å². The van der Waals surface area contributed by atoms with Gasteiger partial charge in [-0.25, -0.2) is 0 Å². The minimum atomic E-state index is -0.287. The van der Waals surface area contributed by atoms with Crippen molar-refractivity contribution in [2.45, 2.75) is 6.10 Å². The molecule has 1 fully saturated rings. The number of thioether (sulfide) groups is 1. The van der Waals surface area contributed by atoms with E-state index >= 15 is 0 Å². The molecule has 1 aliphatic rings. The molecule has 1 aromatic carbocycles. The second-order valence-corrected chi connectivity index (χ2v) is 4.89. The maximum atomic E-state index is 11.9. The second kappa shape index (κ2) is 5.01. The minimum Gasteiger partial charge on any atom is -0.368 e. The van der Waals surface area contributed by atoms with Crippen molar-refractivity contribution in [1.82, 2.24) is 0 Å². The predicted molar refractivity (Wildman–Crippen MR) is 62.8 cm³/mol. The number of ether oxygens (including phenoxy) is 1. The zero-order valence-corrected chi connectivity index (χ0v) is 9.68. The fourth-order valence-corrected chi connectivity index (χ4v) is 2.41. The Morgan fingerprint density at radius 2 is 2.13 bits per heavy atom. The van der Waals surface area contributed by atoms with Crippen molar-refractivity contribution in [2.75, 3.05) is 18.1 Å². The molecule has 1 heterocycles. The molecule has 0 aliphatic carbocycles. The highest BCUT2D eigenvalue weighted by Crippen LogP contribution is 2.18. The summed E-state index contributed by atoms with van der Waals surface area (Å²) in [4.78, 5) is 11.9. The first-order chi connectivity index (χ1) is 7.27. The van der Waals surface area contributed by atoms with Gasteiger partial charge in [-0.3, -0.25) is 4.79 Å². The molecule has 0 aromatic heterocycles. The Morgan fingerprint density at radius 3 is 2.73 bits per heavy atom. The van der Waals surface area contributed by atoms with Crippen molar-refractivity contribution >= 4 is 29.1 Å². The lowest BCUT2D eigenvalue weighted by Gasteiger charge is -2.20. The smallest absolute Gasteiger partial charge is 0.192 e. The number of Topliss-reactive ketones (excluding diaryl/α,β-unsaturated/α-hetero) is 1. The number of halogens is 1. The minimum absolute atomic E-state index is 0.0545. The van der Waals surface area contributed by atoms with E-state index in [1.54, 1.807) is 36.0 Å². The van der Waals surface area contributed by atoms with Gasteiger partial charge in [0.2, 0.25) is 0 Å². The van der Waals surface area contributed by atoms with E-state index in [4.69, 9.17) is 16.3 Å². The molecular formula is C11H11ClO2S. The van der Waals surface area contributed by atoms with Gasteiger partial charge >= 0.3 is 0 Å². The number of carbonyl (C=O) groups excluding carboxylic acids is 1. The average Bonchev–Trinajstić information content (AvgIpc) is 2.30. The van der Waals surface area contributed by atoms with Crippen molar-refractivity contribution in [1.29, 1.82) is 0 Å². The Morgan fingerprint density at radius 1 is 1.40 bits per heavy atom. The first kappa shape index (κ1) is 11.0. The topological polar surface area (TPSA) is 26.3 Å². The SMILES string of the molecule is O=C(c1ccc(Cl)cc1)C1CSCCO1. The number of ketones is 1. The zero-order valence-electron chi connectivity index (χ0n) is 8.11. The number of carbonyl (C=O) groups is 1. The summed E-state index contributed by atoms with van der Waals surface area (Å²) in [6.45, 7) is 0.661. The van der Waals surface area contributed by atoms with E-state index in [9.17, 15) is 4.79 Å². The van der Waals surface area contributed by atoms with E-state index in [1.165, 1.54) is 0 Å². The first-order valence-electron chi connectivity index (χ1n) is 4.76. The highest BCUT2D eigenvalue weighted by Gasteiger charge is 2.23. The van der Waals surface area contributed by atoms with Crippen LogP contribution in [0.4, 0.5) is 0 Å². The van der Waals surface area contributed by atoms with Crippen molar-refractivity contribution < 1.29 is 9.53 Å². The van der Waals surface area contributed by atoms with Crippen LogP contribution in [0, 0.1) is 0 Å². The molecule has 15 heavy (non-hydrogen) atoms. The molecule has 0 amide bonds. The van der Waals surface area contributed by atoms with Crippen molar-refractivity contribution in [3.05, 3.63) is 34.9 Å². The Bertz CT molecular complexity index is 344. The molecule has 1 aliphatic heterocycles. The zero-order chi connectivity index (χ0) is 10.7. The summed E-state index contributed by atoms with van der Waals surface area (Å²) in [5.41, 5.74) is 0.673. The lowest BCUT2D eigenvalue weighted by Crippen LogP contribution is -2.31. The Kier molecular flexibility index (Phi) is 3.67. The van der Waals surface area contributed by atoms with Crippen LogP contribution in [0.1, 0.15) is 10.4 Å². The van der Waals surface area contributed by atoms with Gasteiger partial charge in [0.25, 0.3) is 0 Å². The summed E-state index contributed by atoms with van der Waals surface area (Å²) >= 11 is 7.51. The Balaban J connectivity index is 2.09. The maximum Gasteiger partial charge on any atom is 0.192 e. The molecule has 0 spiro atoms. The van der Waals surface area contributed by atoms with Crippen molar-refractivity contribution in [3.8, 4) is 0 Å². The van der Waals surface area contributed by atoms with Crippen LogP contribution in [-0.4, -0.2) is 30.0 Å². The van der Waals surface area contributed by atoms with Gasteiger partial charge in [0.05, 0.1) is 6.61 Å². The van der Waals surface area contributed by atoms with Crippen molar-refractivity contribution in [2.24, 2.45) is 0 Å². The Hall–Kier alpha value is -0.510. The number of hydrogen-bond donors (Lipinski definition) is 0. The van der Waals surface area contributed by atoms with Crippen LogP contribution in [-0.2, 0) is 4.74 Å². The average molecular weight is 243 g/mol. The summed E-state index contributed by atoms with van der Waals surface area (Å²) in [7, 11) is 0. The van der Waals surface area contributed by atoms with E-state index in [-0.39, 0.29) is 11.9 Å². The molecule has 1 aromatic rings. The lowest BCUT2D eigenvalue weighted by molar-refractivity contribution is 0.0519. The van der Waals surface area contributed by atoms with Crippen LogP contribution < -0.4 is 0 Å². The fraction of sp³-hybridized carbons (Fsp3) is 0.364. The largest absolute Gasteiger partial charge is 0.368 e. The van der Waals surface area contributed by atoms with E-state index in [2.05, 4.69) is 0 Å². The van der Waals surface area contributed by atoms with E-state index in [0.717, 1.165) is 11.5 Å². The van der Waals surface area contributed by atoms with Crippen LogP contribution in [0.15, 0.2) is 24.3 Å². The third kappa shape index (κ3) is 2.74. The molecule has 4 heteroatoms. The van der Waals surface area contributed by atoms with Crippen LogP contribution >= 0.6 is 23.4 Å². The number of benzene rings is 1. The highest BCUT2D eigenvalue weighted by molar-refractivity contribution is 7.99. The van der Waals surface area contributed by atoms with Crippen LogP contribution in [0.2, 0.25) is 5.02 Å². The molecule has 2 rings (SSSR count). The monoisotopic (exact) mass is 242 g/mol. The molecular weight excluding hydrogens is 232 g/mol. The third-order valence-electron chi connectivity index (χ3n) is 2.24. The van der Waals surface area contributed by atoms with Gasteiger partial charge in [-0.05, 0) is 24.3 Å². The first-order valence-corrected chi connectivity index (χ1v) is 6.30. The quantitative estimate of drug-likeness (QED) is 0.746. The van der Waals surface area contributed by atoms with Gasteiger partial charge in [0.15, 0.2) is 5.78 Å². The highest BCUT2D eigenvalue weighted by atomic mass is 35.5. The molecule has 0 saturated carbocycles. The predicted octanol–water partition coefficient (Wildman–Crippen LogP) is 2.65. The molecule has 2 nitrogen and oxygen atoms in total. The summed E-state index contributed by atoms with van der Waals surface area (Å²) in [5, 5.41) is 0.644. The van der Waals surface area contributed by atoms with Gasteiger partial charge in [0.1, 0.15) is 6.10 Å². The molecule has 0 bridgehead atoms. The maximum absolute atomic E-state index is 11.9. The molecule has 80 valence electrons. The second-order valence-electron chi connectivity index (χ2n) is 3.31. The summed E-state index contributed by atoms with van der Waals surface area (Å²) in [5.74, 6) is 1.78. The standard InChI is InChI=1S/C11H11ClO2S/c12-9-3-1-8(2-4-9)11(13)10-7-15-6-5-14-10/h1-4,10H,5-7H2. The normalized spacial score (nSPS) is 21.3. The number of rotatable bonds is 2. The summed E-state index contributed by atoms with van der Waals surface area (Å²) in [6, 6.07) is 6.94. The van der Waals surface area contributed by atoms with E-state index in [0.29, 0.717) is 17.2 Å². The van der Waals surface area contributed by atoms with E-state index in [1.807, 2.05) is 0 Å². The van der Waals surface area contributed by atoms with Gasteiger partial charge in [0, 0.05) is 22.1 Å². The fourth-order valence-electron chi connectivity index (χ4n) is 1.44. The van der Waals surface area contributed by atoms with Gasteiger partial charge in [-0.15, -0.1) is 0 Å². The molecule has 0 N–H and O–H groups in total.